The lowest BCUT2D eigenvalue weighted by molar-refractivity contribution is -0.132. The minimum atomic E-state index is -0.138. The third kappa shape index (κ3) is 7.93. The first-order valence-electron chi connectivity index (χ1n) is 6.15. The number of carbonyl (C=O) groups excluding carboxylic acids is 1. The lowest BCUT2D eigenvalue weighted by atomic mass is 10.3. The summed E-state index contributed by atoms with van der Waals surface area (Å²) in [5, 5.41) is 26.0. The molecule has 0 atom stereocenters. The molecule has 1 amide bonds. The molecular formula is C13H20N4O2. The number of nitriles is 2. The SMILES string of the molecule is C=CCN(CCO)CC(=O)N(CCC#N)CCC#N. The second-order valence-corrected chi connectivity index (χ2v) is 3.94. The standard InChI is InChI=1S/C13H20N4O2/c1-2-7-16(10-11-18)12-13(19)17(8-3-5-14)9-4-6-15/h2,18H,1,3-4,7-12H2. The lowest BCUT2D eigenvalue weighted by Gasteiger charge is -2.25. The van der Waals surface area contributed by atoms with Crippen molar-refractivity contribution in [2.45, 2.75) is 12.8 Å². The number of amides is 1. The second-order valence-electron chi connectivity index (χ2n) is 3.94. The molecule has 0 aliphatic rings. The Labute approximate surface area is 114 Å². The zero-order valence-corrected chi connectivity index (χ0v) is 11.1. The minimum absolute atomic E-state index is 0.0302. The van der Waals surface area contributed by atoms with E-state index in [1.54, 1.807) is 11.0 Å². The fourth-order valence-electron chi connectivity index (χ4n) is 1.58. The van der Waals surface area contributed by atoms with Gasteiger partial charge in [-0.2, -0.15) is 10.5 Å². The van der Waals surface area contributed by atoms with Gasteiger partial charge in [0.25, 0.3) is 0 Å². The van der Waals surface area contributed by atoms with E-state index in [0.717, 1.165) is 0 Å². The van der Waals surface area contributed by atoms with Crippen molar-refractivity contribution in [2.24, 2.45) is 0 Å². The highest BCUT2D eigenvalue weighted by Gasteiger charge is 2.16. The molecule has 0 rings (SSSR count). The van der Waals surface area contributed by atoms with Crippen molar-refractivity contribution < 1.29 is 9.90 Å². The molecular weight excluding hydrogens is 244 g/mol. The number of nitrogens with zero attached hydrogens (tertiary/aromatic N) is 4. The summed E-state index contributed by atoms with van der Waals surface area (Å²) in [6.07, 6.45) is 2.16. The van der Waals surface area contributed by atoms with E-state index in [4.69, 9.17) is 15.6 Å². The highest BCUT2D eigenvalue weighted by Crippen LogP contribution is 1.98. The first-order valence-corrected chi connectivity index (χ1v) is 6.15. The van der Waals surface area contributed by atoms with Crippen molar-refractivity contribution in [3.63, 3.8) is 0 Å². The fraction of sp³-hybridized carbons (Fsp3) is 0.615. The van der Waals surface area contributed by atoms with Crippen molar-refractivity contribution in [3.8, 4) is 12.1 Å². The van der Waals surface area contributed by atoms with Gasteiger partial charge in [0.2, 0.25) is 5.91 Å². The van der Waals surface area contributed by atoms with Crippen LogP contribution in [0.5, 0.6) is 0 Å². The zero-order chi connectivity index (χ0) is 14.5. The highest BCUT2D eigenvalue weighted by molar-refractivity contribution is 5.78. The average molecular weight is 264 g/mol. The third-order valence-corrected chi connectivity index (χ3v) is 2.50. The van der Waals surface area contributed by atoms with Gasteiger partial charge in [-0.3, -0.25) is 9.69 Å². The van der Waals surface area contributed by atoms with E-state index in [2.05, 4.69) is 6.58 Å². The Kier molecular flexibility index (Phi) is 10.1. The number of carbonyl (C=O) groups is 1. The Balaban J connectivity index is 4.45. The Bertz CT molecular complexity index is 339. The Morgan fingerprint density at radius 3 is 2.21 bits per heavy atom. The van der Waals surface area contributed by atoms with E-state index in [0.29, 0.717) is 26.2 Å². The number of hydrogen-bond acceptors (Lipinski definition) is 5. The van der Waals surface area contributed by atoms with Crippen LogP contribution in [0.25, 0.3) is 0 Å². The van der Waals surface area contributed by atoms with E-state index in [1.165, 1.54) is 4.90 Å². The van der Waals surface area contributed by atoms with Gasteiger partial charge in [0.1, 0.15) is 0 Å². The molecule has 1 N–H and O–H groups in total. The number of hydrogen-bond donors (Lipinski definition) is 1. The van der Waals surface area contributed by atoms with Crippen LogP contribution in [0.4, 0.5) is 0 Å². The van der Waals surface area contributed by atoms with Crippen LogP contribution in [0.2, 0.25) is 0 Å². The smallest absolute Gasteiger partial charge is 0.236 e. The van der Waals surface area contributed by atoms with Crippen LogP contribution in [0.3, 0.4) is 0 Å². The molecule has 0 aromatic heterocycles. The summed E-state index contributed by atoms with van der Waals surface area (Å²) in [4.78, 5) is 15.3. The third-order valence-electron chi connectivity index (χ3n) is 2.50. The molecule has 0 radical (unpaired) electrons. The highest BCUT2D eigenvalue weighted by atomic mass is 16.3. The lowest BCUT2D eigenvalue weighted by Crippen LogP contribution is -2.42. The van der Waals surface area contributed by atoms with Gasteiger partial charge < -0.3 is 10.0 Å². The van der Waals surface area contributed by atoms with E-state index in [1.807, 2.05) is 12.1 Å². The normalized spacial score (nSPS) is 9.68. The van der Waals surface area contributed by atoms with Gasteiger partial charge >= 0.3 is 0 Å². The van der Waals surface area contributed by atoms with Crippen molar-refractivity contribution in [3.05, 3.63) is 12.7 Å². The molecule has 6 nitrogen and oxygen atoms in total. The molecule has 19 heavy (non-hydrogen) atoms. The molecule has 104 valence electrons. The molecule has 0 aliphatic carbocycles. The second kappa shape index (κ2) is 11.2. The predicted molar refractivity (Wildman–Crippen MR) is 70.8 cm³/mol. The van der Waals surface area contributed by atoms with Gasteiger partial charge in [0.15, 0.2) is 0 Å². The van der Waals surface area contributed by atoms with Crippen LogP contribution >= 0.6 is 0 Å². The van der Waals surface area contributed by atoms with Crippen molar-refractivity contribution in [2.75, 3.05) is 39.3 Å². The summed E-state index contributed by atoms with van der Waals surface area (Å²) in [5.41, 5.74) is 0. The maximum atomic E-state index is 12.1. The monoisotopic (exact) mass is 264 g/mol. The van der Waals surface area contributed by atoms with Crippen molar-refractivity contribution in [1.29, 1.82) is 10.5 Å². The van der Waals surface area contributed by atoms with Crippen LogP contribution in [0, 0.1) is 22.7 Å². The predicted octanol–water partition coefficient (Wildman–Crippen LogP) is 0.123. The molecule has 0 saturated heterocycles. The summed E-state index contributed by atoms with van der Waals surface area (Å²) in [6, 6.07) is 3.97. The maximum Gasteiger partial charge on any atom is 0.236 e. The van der Waals surface area contributed by atoms with Crippen LogP contribution in [0.1, 0.15) is 12.8 Å². The van der Waals surface area contributed by atoms with Crippen LogP contribution in [-0.2, 0) is 4.79 Å². The summed E-state index contributed by atoms with van der Waals surface area (Å²) in [6.45, 7) is 5.29. The number of aliphatic hydroxyl groups excluding tert-OH is 1. The van der Waals surface area contributed by atoms with E-state index < -0.39 is 0 Å². The van der Waals surface area contributed by atoms with E-state index >= 15 is 0 Å². The molecule has 6 heteroatoms. The number of rotatable bonds is 10. The van der Waals surface area contributed by atoms with Gasteiger partial charge in [-0.1, -0.05) is 6.08 Å². The minimum Gasteiger partial charge on any atom is -0.395 e. The molecule has 0 heterocycles. The molecule has 0 aromatic rings. The van der Waals surface area contributed by atoms with Crippen LogP contribution in [-0.4, -0.2) is 60.1 Å². The van der Waals surface area contributed by atoms with Crippen LogP contribution in [0.15, 0.2) is 12.7 Å². The number of aliphatic hydroxyl groups is 1. The largest absolute Gasteiger partial charge is 0.395 e. The first-order chi connectivity index (χ1) is 9.19. The molecule has 0 aliphatic heterocycles. The van der Waals surface area contributed by atoms with Gasteiger partial charge in [0, 0.05) is 26.2 Å². The molecule has 0 unspecified atom stereocenters. The summed E-state index contributed by atoms with van der Waals surface area (Å²) in [7, 11) is 0. The maximum absolute atomic E-state index is 12.1. The molecule has 0 fully saturated rings. The van der Waals surface area contributed by atoms with Crippen molar-refractivity contribution in [1.82, 2.24) is 9.80 Å². The van der Waals surface area contributed by atoms with Crippen molar-refractivity contribution >= 4 is 5.91 Å². The van der Waals surface area contributed by atoms with E-state index in [9.17, 15) is 4.79 Å². The molecule has 0 spiro atoms. The molecule has 0 saturated carbocycles. The Hall–Kier alpha value is -1.89. The fourth-order valence-corrected chi connectivity index (χ4v) is 1.58. The van der Waals surface area contributed by atoms with Gasteiger partial charge in [-0.05, 0) is 0 Å². The Morgan fingerprint density at radius 2 is 1.79 bits per heavy atom. The summed E-state index contributed by atoms with van der Waals surface area (Å²) < 4.78 is 0. The summed E-state index contributed by atoms with van der Waals surface area (Å²) >= 11 is 0. The Morgan fingerprint density at radius 1 is 1.21 bits per heavy atom. The van der Waals surface area contributed by atoms with Crippen LogP contribution < -0.4 is 0 Å². The van der Waals surface area contributed by atoms with Gasteiger partial charge in [-0.25, -0.2) is 0 Å². The van der Waals surface area contributed by atoms with Gasteiger partial charge in [0.05, 0.1) is 38.1 Å². The average Bonchev–Trinajstić information content (AvgIpc) is 2.39. The topological polar surface area (TPSA) is 91.4 Å². The molecule has 0 bridgehead atoms. The zero-order valence-electron chi connectivity index (χ0n) is 11.1. The van der Waals surface area contributed by atoms with Gasteiger partial charge in [-0.15, -0.1) is 6.58 Å². The summed E-state index contributed by atoms with van der Waals surface area (Å²) in [5.74, 6) is -0.138. The molecule has 0 aromatic carbocycles. The first kappa shape index (κ1) is 17.1. The quantitative estimate of drug-likeness (QED) is 0.566. The van der Waals surface area contributed by atoms with E-state index in [-0.39, 0.29) is 31.9 Å².